The van der Waals surface area contributed by atoms with E-state index in [1.54, 1.807) is 0 Å². The SMILES string of the molecule is Cc1nc(-c2ccc(Cl)cc2)sc1C(=O)NC(c1nc(C2CC2)no1)C(C)C. The molecule has 8 heteroatoms. The van der Waals surface area contributed by atoms with Gasteiger partial charge in [-0.05, 0) is 37.8 Å². The number of benzene rings is 1. The highest BCUT2D eigenvalue weighted by atomic mass is 35.5. The van der Waals surface area contributed by atoms with E-state index in [1.165, 1.54) is 11.3 Å². The summed E-state index contributed by atoms with van der Waals surface area (Å²) in [5, 5.41) is 8.58. The van der Waals surface area contributed by atoms with Gasteiger partial charge >= 0.3 is 0 Å². The van der Waals surface area contributed by atoms with E-state index < -0.39 is 0 Å². The van der Waals surface area contributed by atoms with E-state index in [4.69, 9.17) is 16.1 Å². The highest BCUT2D eigenvalue weighted by molar-refractivity contribution is 7.17. The maximum atomic E-state index is 13.0. The van der Waals surface area contributed by atoms with Crippen molar-refractivity contribution in [3.8, 4) is 10.6 Å². The summed E-state index contributed by atoms with van der Waals surface area (Å²) < 4.78 is 5.44. The number of hydrogen-bond donors (Lipinski definition) is 1. The Balaban J connectivity index is 1.55. The Morgan fingerprint density at radius 3 is 2.61 bits per heavy atom. The molecular weight excluding hydrogens is 396 g/mol. The Bertz CT molecular complexity index is 992. The fourth-order valence-electron chi connectivity index (χ4n) is 2.92. The molecule has 1 amide bonds. The van der Waals surface area contributed by atoms with Crippen molar-refractivity contribution in [1.82, 2.24) is 20.4 Å². The number of nitrogens with zero attached hydrogens (tertiary/aromatic N) is 3. The molecule has 1 aliphatic rings. The lowest BCUT2D eigenvalue weighted by Gasteiger charge is -2.18. The van der Waals surface area contributed by atoms with E-state index in [1.807, 2.05) is 45.0 Å². The maximum Gasteiger partial charge on any atom is 0.263 e. The van der Waals surface area contributed by atoms with Crippen molar-refractivity contribution >= 4 is 28.8 Å². The van der Waals surface area contributed by atoms with Gasteiger partial charge < -0.3 is 9.84 Å². The van der Waals surface area contributed by atoms with Crippen LogP contribution in [0.15, 0.2) is 28.8 Å². The predicted molar refractivity (Wildman–Crippen MR) is 109 cm³/mol. The second-order valence-electron chi connectivity index (χ2n) is 7.40. The van der Waals surface area contributed by atoms with Crippen LogP contribution in [0.3, 0.4) is 0 Å². The molecule has 0 bridgehead atoms. The molecule has 0 aliphatic heterocycles. The summed E-state index contributed by atoms with van der Waals surface area (Å²) in [4.78, 5) is 22.6. The van der Waals surface area contributed by atoms with Crippen molar-refractivity contribution in [3.05, 3.63) is 51.6 Å². The molecule has 1 N–H and O–H groups in total. The summed E-state index contributed by atoms with van der Waals surface area (Å²) in [6, 6.07) is 7.09. The molecule has 2 heterocycles. The number of halogens is 1. The molecule has 1 unspecified atom stereocenters. The molecule has 2 aromatic heterocycles. The minimum Gasteiger partial charge on any atom is -0.339 e. The molecule has 146 valence electrons. The van der Waals surface area contributed by atoms with E-state index in [9.17, 15) is 4.79 Å². The van der Waals surface area contributed by atoms with Crippen LogP contribution in [-0.4, -0.2) is 21.0 Å². The van der Waals surface area contributed by atoms with Gasteiger partial charge in [0, 0.05) is 16.5 Å². The third kappa shape index (κ3) is 3.95. The minimum absolute atomic E-state index is 0.111. The first-order valence-electron chi connectivity index (χ1n) is 9.30. The largest absolute Gasteiger partial charge is 0.339 e. The quantitative estimate of drug-likeness (QED) is 0.600. The minimum atomic E-state index is -0.340. The van der Waals surface area contributed by atoms with Crippen LogP contribution in [0, 0.1) is 12.8 Å². The molecule has 4 rings (SSSR count). The van der Waals surface area contributed by atoms with Gasteiger partial charge in [-0.2, -0.15) is 4.98 Å². The fraction of sp³-hybridized carbons (Fsp3) is 0.400. The zero-order valence-electron chi connectivity index (χ0n) is 15.9. The summed E-state index contributed by atoms with van der Waals surface area (Å²) in [7, 11) is 0. The van der Waals surface area contributed by atoms with Gasteiger partial charge in [0.05, 0.1) is 5.69 Å². The number of hydrogen-bond acceptors (Lipinski definition) is 6. The summed E-state index contributed by atoms with van der Waals surface area (Å²) in [5.74, 6) is 1.55. The molecule has 1 atom stereocenters. The van der Waals surface area contributed by atoms with Gasteiger partial charge in [0.2, 0.25) is 5.89 Å². The molecule has 1 aromatic carbocycles. The summed E-state index contributed by atoms with van der Waals surface area (Å²) in [6.07, 6.45) is 2.20. The first-order valence-corrected chi connectivity index (χ1v) is 10.5. The van der Waals surface area contributed by atoms with Crippen LogP contribution in [0.4, 0.5) is 0 Å². The lowest BCUT2D eigenvalue weighted by molar-refractivity contribution is 0.0917. The van der Waals surface area contributed by atoms with Gasteiger partial charge in [-0.1, -0.05) is 42.7 Å². The van der Waals surface area contributed by atoms with Crippen LogP contribution in [-0.2, 0) is 0 Å². The average molecular weight is 417 g/mol. The van der Waals surface area contributed by atoms with Crippen molar-refractivity contribution in [1.29, 1.82) is 0 Å². The molecule has 1 aliphatic carbocycles. The number of aromatic nitrogens is 3. The Labute approximate surface area is 172 Å². The lowest BCUT2D eigenvalue weighted by atomic mass is 10.0. The van der Waals surface area contributed by atoms with Gasteiger partial charge in [-0.25, -0.2) is 4.98 Å². The van der Waals surface area contributed by atoms with Gasteiger partial charge in [-0.15, -0.1) is 11.3 Å². The molecule has 6 nitrogen and oxygen atoms in total. The number of thiazole rings is 1. The number of carbonyl (C=O) groups excluding carboxylic acids is 1. The second-order valence-corrected chi connectivity index (χ2v) is 8.84. The molecule has 0 spiro atoms. The monoisotopic (exact) mass is 416 g/mol. The fourth-order valence-corrected chi connectivity index (χ4v) is 4.03. The Kier molecular flexibility index (Phi) is 5.21. The van der Waals surface area contributed by atoms with Gasteiger partial charge in [0.25, 0.3) is 5.91 Å². The average Bonchev–Trinajstić information content (AvgIpc) is 3.27. The standard InChI is InChI=1S/C20H21ClN4O2S/c1-10(2)15(19-24-17(25-27-19)12-4-5-12)23-18(26)16-11(3)22-20(28-16)13-6-8-14(21)9-7-13/h6-10,12,15H,4-5H2,1-3H3,(H,23,26). The molecular formula is C20H21ClN4O2S. The molecule has 28 heavy (non-hydrogen) atoms. The number of carbonyl (C=O) groups is 1. The van der Waals surface area contributed by atoms with E-state index in [2.05, 4.69) is 20.4 Å². The second kappa shape index (κ2) is 7.64. The number of rotatable bonds is 6. The van der Waals surface area contributed by atoms with E-state index in [0.29, 0.717) is 27.4 Å². The van der Waals surface area contributed by atoms with Crippen LogP contribution in [0.5, 0.6) is 0 Å². The first kappa shape index (κ1) is 19.1. The molecule has 1 saturated carbocycles. The lowest BCUT2D eigenvalue weighted by Crippen LogP contribution is -2.32. The van der Waals surface area contributed by atoms with Crippen LogP contribution >= 0.6 is 22.9 Å². The van der Waals surface area contributed by atoms with Gasteiger partial charge in [-0.3, -0.25) is 4.79 Å². The van der Waals surface area contributed by atoms with Gasteiger partial charge in [0.1, 0.15) is 15.9 Å². The Morgan fingerprint density at radius 1 is 1.25 bits per heavy atom. The van der Waals surface area contributed by atoms with Crippen molar-refractivity contribution in [2.24, 2.45) is 5.92 Å². The van der Waals surface area contributed by atoms with Gasteiger partial charge in [0.15, 0.2) is 5.82 Å². The molecule has 0 saturated heterocycles. The maximum absolute atomic E-state index is 13.0. The van der Waals surface area contributed by atoms with Crippen LogP contribution in [0.1, 0.15) is 65.7 Å². The van der Waals surface area contributed by atoms with E-state index >= 15 is 0 Å². The predicted octanol–water partition coefficient (Wildman–Crippen LogP) is 5.16. The van der Waals surface area contributed by atoms with Crippen molar-refractivity contribution in [2.45, 2.75) is 45.6 Å². The molecule has 0 radical (unpaired) electrons. The Hall–Kier alpha value is -2.25. The Morgan fingerprint density at radius 2 is 1.96 bits per heavy atom. The van der Waals surface area contributed by atoms with E-state index in [-0.39, 0.29) is 17.9 Å². The number of amides is 1. The topological polar surface area (TPSA) is 80.9 Å². The summed E-state index contributed by atoms with van der Waals surface area (Å²) >= 11 is 7.32. The van der Waals surface area contributed by atoms with E-state index in [0.717, 1.165) is 29.2 Å². The number of aryl methyl sites for hydroxylation is 1. The highest BCUT2D eigenvalue weighted by Gasteiger charge is 2.32. The van der Waals surface area contributed by atoms with Crippen molar-refractivity contribution in [3.63, 3.8) is 0 Å². The summed E-state index contributed by atoms with van der Waals surface area (Å²) in [5.41, 5.74) is 1.63. The highest BCUT2D eigenvalue weighted by Crippen LogP contribution is 2.39. The first-order chi connectivity index (χ1) is 13.4. The third-order valence-electron chi connectivity index (χ3n) is 4.71. The van der Waals surface area contributed by atoms with Crippen molar-refractivity contribution < 1.29 is 9.32 Å². The van der Waals surface area contributed by atoms with Crippen LogP contribution in [0.2, 0.25) is 5.02 Å². The van der Waals surface area contributed by atoms with Crippen LogP contribution in [0.25, 0.3) is 10.6 Å². The number of nitrogens with one attached hydrogen (secondary N) is 1. The smallest absolute Gasteiger partial charge is 0.263 e. The van der Waals surface area contributed by atoms with Crippen molar-refractivity contribution in [2.75, 3.05) is 0 Å². The summed E-state index contributed by atoms with van der Waals surface area (Å²) in [6.45, 7) is 5.88. The normalized spacial score (nSPS) is 15.0. The third-order valence-corrected chi connectivity index (χ3v) is 6.17. The molecule has 1 fully saturated rings. The molecule has 3 aromatic rings. The zero-order chi connectivity index (χ0) is 19.8. The zero-order valence-corrected chi connectivity index (χ0v) is 17.5. The van der Waals surface area contributed by atoms with Crippen LogP contribution < -0.4 is 5.32 Å².